The first-order valence-electron chi connectivity index (χ1n) is 6.27. The van der Waals surface area contributed by atoms with Gasteiger partial charge in [0.05, 0.1) is 12.0 Å². The number of rotatable bonds is 5. The van der Waals surface area contributed by atoms with Crippen LogP contribution in [0.3, 0.4) is 0 Å². The van der Waals surface area contributed by atoms with Crippen molar-refractivity contribution in [1.29, 1.82) is 0 Å². The monoisotopic (exact) mass is 242 g/mol. The second kappa shape index (κ2) is 6.00. The molecule has 1 aliphatic heterocycles. The Bertz CT molecular complexity index is 293. The first kappa shape index (κ1) is 14.0. The molecule has 3 N–H and O–H groups in total. The number of hydrogen-bond acceptors (Lipinski definition) is 3. The summed E-state index contributed by atoms with van der Waals surface area (Å²) in [4.78, 5) is 24.6. The molecule has 98 valence electrons. The molecule has 5 heteroatoms. The van der Waals surface area contributed by atoms with Crippen LogP contribution in [0.25, 0.3) is 0 Å². The van der Waals surface area contributed by atoms with E-state index in [0.29, 0.717) is 19.4 Å². The summed E-state index contributed by atoms with van der Waals surface area (Å²) in [5, 5.41) is 8.99. The molecule has 5 nitrogen and oxygen atoms in total. The molecule has 2 unspecified atom stereocenters. The number of carbonyl (C=O) groups excluding carboxylic acids is 1. The molecule has 17 heavy (non-hydrogen) atoms. The molecule has 3 atom stereocenters. The van der Waals surface area contributed by atoms with Crippen LogP contribution in [-0.4, -0.2) is 40.5 Å². The van der Waals surface area contributed by atoms with Crippen molar-refractivity contribution in [3.8, 4) is 0 Å². The molecule has 0 radical (unpaired) electrons. The highest BCUT2D eigenvalue weighted by atomic mass is 16.4. The Labute approximate surface area is 102 Å². The average Bonchev–Trinajstić information content (AvgIpc) is 2.67. The summed E-state index contributed by atoms with van der Waals surface area (Å²) in [5.74, 6) is -1.37. The standard InChI is InChI=1S/C12H22N2O3/c1-3-4-5-10(13)11(15)14-7-6-9(8(14)2)12(16)17/h8-10H,3-7,13H2,1-2H3,(H,16,17)/t8?,9?,10-/m0/s1. The normalized spacial score (nSPS) is 25.9. The second-order valence-electron chi connectivity index (χ2n) is 4.75. The topological polar surface area (TPSA) is 83.6 Å². The van der Waals surface area contributed by atoms with Gasteiger partial charge < -0.3 is 15.7 Å². The number of likely N-dealkylation sites (tertiary alicyclic amines) is 1. The lowest BCUT2D eigenvalue weighted by molar-refractivity contribution is -0.143. The molecule has 0 spiro atoms. The summed E-state index contributed by atoms with van der Waals surface area (Å²) in [6.07, 6.45) is 3.14. The SMILES string of the molecule is CCCC[C@H](N)C(=O)N1CCC(C(=O)O)C1C. The molecule has 0 aliphatic carbocycles. The Morgan fingerprint density at radius 2 is 2.18 bits per heavy atom. The molecule has 1 aliphatic rings. The molecule has 1 amide bonds. The number of hydrogen-bond donors (Lipinski definition) is 2. The van der Waals surface area contributed by atoms with Crippen molar-refractivity contribution >= 4 is 11.9 Å². The van der Waals surface area contributed by atoms with Crippen LogP contribution in [0.4, 0.5) is 0 Å². The molecule has 1 saturated heterocycles. The number of amides is 1. The van der Waals surface area contributed by atoms with Crippen LogP contribution in [0.2, 0.25) is 0 Å². The third-order valence-corrected chi connectivity index (χ3v) is 3.54. The number of carboxylic acids is 1. The van der Waals surface area contributed by atoms with Gasteiger partial charge in [0.1, 0.15) is 0 Å². The highest BCUT2D eigenvalue weighted by molar-refractivity contribution is 5.83. The van der Waals surface area contributed by atoms with Gasteiger partial charge in [0, 0.05) is 12.6 Å². The van der Waals surface area contributed by atoms with Gasteiger partial charge in [-0.25, -0.2) is 0 Å². The minimum Gasteiger partial charge on any atom is -0.481 e. The summed E-state index contributed by atoms with van der Waals surface area (Å²) in [5.41, 5.74) is 5.83. The predicted molar refractivity (Wildman–Crippen MR) is 64.4 cm³/mol. The lowest BCUT2D eigenvalue weighted by atomic mass is 10.0. The fourth-order valence-electron chi connectivity index (χ4n) is 2.34. The summed E-state index contributed by atoms with van der Waals surface area (Å²) >= 11 is 0. The van der Waals surface area contributed by atoms with E-state index in [0.717, 1.165) is 12.8 Å². The van der Waals surface area contributed by atoms with Crippen molar-refractivity contribution in [2.24, 2.45) is 11.7 Å². The molecule has 1 heterocycles. The minimum absolute atomic E-state index is 0.102. The molecule has 0 aromatic carbocycles. The van der Waals surface area contributed by atoms with E-state index in [9.17, 15) is 9.59 Å². The number of nitrogens with two attached hydrogens (primary N) is 1. The van der Waals surface area contributed by atoms with E-state index < -0.39 is 17.9 Å². The first-order valence-corrected chi connectivity index (χ1v) is 6.27. The van der Waals surface area contributed by atoms with Crippen LogP contribution in [-0.2, 0) is 9.59 Å². The average molecular weight is 242 g/mol. The number of nitrogens with zero attached hydrogens (tertiary/aromatic N) is 1. The Kier molecular flexibility index (Phi) is 4.93. The van der Waals surface area contributed by atoms with E-state index in [1.165, 1.54) is 0 Å². The van der Waals surface area contributed by atoms with Crippen molar-refractivity contribution in [3.63, 3.8) is 0 Å². The van der Waals surface area contributed by atoms with Crippen LogP contribution < -0.4 is 5.73 Å². The number of carboxylic acid groups (broad SMARTS) is 1. The van der Waals surface area contributed by atoms with Crippen molar-refractivity contribution in [1.82, 2.24) is 4.90 Å². The predicted octanol–water partition coefficient (Wildman–Crippen LogP) is 0.825. The fourth-order valence-corrected chi connectivity index (χ4v) is 2.34. The Hall–Kier alpha value is -1.10. The van der Waals surface area contributed by atoms with Gasteiger partial charge >= 0.3 is 5.97 Å². The number of carbonyl (C=O) groups is 2. The molecule has 0 aromatic heterocycles. The van der Waals surface area contributed by atoms with Crippen molar-refractivity contribution in [2.75, 3.05) is 6.54 Å². The van der Waals surface area contributed by atoms with Gasteiger partial charge in [-0.3, -0.25) is 9.59 Å². The Balaban J connectivity index is 2.56. The highest BCUT2D eigenvalue weighted by Gasteiger charge is 2.39. The maximum atomic E-state index is 12.0. The third-order valence-electron chi connectivity index (χ3n) is 3.54. The van der Waals surface area contributed by atoms with Gasteiger partial charge in [-0.05, 0) is 19.8 Å². The van der Waals surface area contributed by atoms with E-state index in [4.69, 9.17) is 10.8 Å². The van der Waals surface area contributed by atoms with Gasteiger partial charge in [-0.2, -0.15) is 0 Å². The third kappa shape index (κ3) is 3.19. The van der Waals surface area contributed by atoms with E-state index in [1.54, 1.807) is 11.8 Å². The minimum atomic E-state index is -0.824. The summed E-state index contributed by atoms with van der Waals surface area (Å²) in [6, 6.07) is -0.724. The van der Waals surface area contributed by atoms with Crippen LogP contribution in [0, 0.1) is 5.92 Å². The molecule has 0 aromatic rings. The van der Waals surface area contributed by atoms with Crippen LogP contribution in [0.1, 0.15) is 39.5 Å². The smallest absolute Gasteiger partial charge is 0.308 e. The molecule has 0 saturated carbocycles. The van der Waals surface area contributed by atoms with Crippen LogP contribution in [0.15, 0.2) is 0 Å². The van der Waals surface area contributed by atoms with E-state index in [-0.39, 0.29) is 11.9 Å². The van der Waals surface area contributed by atoms with E-state index in [2.05, 4.69) is 6.92 Å². The van der Waals surface area contributed by atoms with E-state index in [1.807, 2.05) is 0 Å². The zero-order valence-electron chi connectivity index (χ0n) is 10.6. The number of aliphatic carboxylic acids is 1. The van der Waals surface area contributed by atoms with Gasteiger partial charge in [-0.1, -0.05) is 19.8 Å². The van der Waals surface area contributed by atoms with Crippen LogP contribution >= 0.6 is 0 Å². The zero-order valence-corrected chi connectivity index (χ0v) is 10.6. The summed E-state index contributed by atoms with van der Waals surface area (Å²) in [6.45, 7) is 4.35. The fraction of sp³-hybridized carbons (Fsp3) is 0.833. The summed E-state index contributed by atoms with van der Waals surface area (Å²) in [7, 11) is 0. The van der Waals surface area contributed by atoms with E-state index >= 15 is 0 Å². The molecule has 1 rings (SSSR count). The van der Waals surface area contributed by atoms with Gasteiger partial charge in [-0.15, -0.1) is 0 Å². The molecule has 0 bridgehead atoms. The number of unbranched alkanes of at least 4 members (excludes halogenated alkanes) is 1. The van der Waals surface area contributed by atoms with Crippen molar-refractivity contribution in [3.05, 3.63) is 0 Å². The molecular formula is C12H22N2O3. The summed E-state index contributed by atoms with van der Waals surface area (Å²) < 4.78 is 0. The van der Waals surface area contributed by atoms with Crippen molar-refractivity contribution in [2.45, 2.75) is 51.6 Å². The van der Waals surface area contributed by atoms with Gasteiger partial charge in [0.25, 0.3) is 0 Å². The largest absolute Gasteiger partial charge is 0.481 e. The quantitative estimate of drug-likeness (QED) is 0.747. The Morgan fingerprint density at radius 1 is 1.53 bits per heavy atom. The molecule has 1 fully saturated rings. The van der Waals surface area contributed by atoms with Gasteiger partial charge in [0.15, 0.2) is 0 Å². The van der Waals surface area contributed by atoms with Crippen molar-refractivity contribution < 1.29 is 14.7 Å². The van der Waals surface area contributed by atoms with Gasteiger partial charge in [0.2, 0.25) is 5.91 Å². The first-order chi connectivity index (χ1) is 7.99. The lowest BCUT2D eigenvalue weighted by Crippen LogP contribution is -2.46. The maximum absolute atomic E-state index is 12.0. The zero-order chi connectivity index (χ0) is 13.0. The van der Waals surface area contributed by atoms with Crippen LogP contribution in [0.5, 0.6) is 0 Å². The highest BCUT2D eigenvalue weighted by Crippen LogP contribution is 2.25. The maximum Gasteiger partial charge on any atom is 0.308 e. The lowest BCUT2D eigenvalue weighted by Gasteiger charge is -2.26. The second-order valence-corrected chi connectivity index (χ2v) is 4.75. The molecular weight excluding hydrogens is 220 g/mol. The Morgan fingerprint density at radius 3 is 2.65 bits per heavy atom.